The Hall–Kier alpha value is -4.08. The second kappa shape index (κ2) is 10.0. The van der Waals surface area contributed by atoms with Crippen LogP contribution in [0.4, 0.5) is 5.69 Å². The van der Waals surface area contributed by atoms with E-state index in [0.29, 0.717) is 52.1 Å². The Kier molecular flexibility index (Phi) is 6.72. The van der Waals surface area contributed by atoms with Gasteiger partial charge in [-0.1, -0.05) is 59.2 Å². The molecule has 1 amide bonds. The van der Waals surface area contributed by atoms with Crippen LogP contribution in [-0.2, 0) is 13.0 Å². The summed E-state index contributed by atoms with van der Waals surface area (Å²) in [4.78, 5) is 13.1. The van der Waals surface area contributed by atoms with Crippen LogP contribution in [0.3, 0.4) is 0 Å². The number of carbonyl (C=O) groups is 1. The van der Waals surface area contributed by atoms with Crippen LogP contribution < -0.4 is 10.1 Å². The molecule has 0 saturated carbocycles. The zero-order chi connectivity index (χ0) is 23.2. The van der Waals surface area contributed by atoms with Crippen LogP contribution in [-0.4, -0.2) is 11.1 Å². The van der Waals surface area contributed by atoms with Crippen molar-refractivity contribution in [1.29, 1.82) is 5.26 Å². The lowest BCUT2D eigenvalue weighted by atomic mass is 10.1. The number of ether oxygens (including phenoxy) is 1. The number of carbonyl (C=O) groups excluding carboxylic acids is 1. The normalized spacial score (nSPS) is 10.5. The van der Waals surface area contributed by atoms with E-state index in [1.807, 2.05) is 54.6 Å². The molecule has 1 aromatic heterocycles. The number of aryl methyl sites for hydroxylation is 1. The summed E-state index contributed by atoms with van der Waals surface area (Å²) in [6.45, 7) is 2.02. The van der Waals surface area contributed by atoms with Crippen molar-refractivity contribution in [2.75, 3.05) is 5.32 Å². The highest BCUT2D eigenvalue weighted by Crippen LogP contribution is 2.31. The minimum Gasteiger partial charge on any atom is -0.489 e. The molecule has 0 bridgehead atoms. The zero-order valence-corrected chi connectivity index (χ0v) is 18.6. The molecule has 0 aliphatic carbocycles. The number of amides is 1. The van der Waals surface area contributed by atoms with Crippen LogP contribution >= 0.6 is 11.6 Å². The molecule has 1 heterocycles. The van der Waals surface area contributed by atoms with Gasteiger partial charge in [-0.15, -0.1) is 0 Å². The van der Waals surface area contributed by atoms with Gasteiger partial charge in [0.25, 0.3) is 5.91 Å². The van der Waals surface area contributed by atoms with E-state index in [0.717, 1.165) is 11.1 Å². The molecular formula is C26H20ClN3O3. The third kappa shape index (κ3) is 5.22. The number of aromatic nitrogens is 1. The largest absolute Gasteiger partial charge is 0.489 e. The molecule has 0 fully saturated rings. The summed E-state index contributed by atoms with van der Waals surface area (Å²) in [5, 5.41) is 16.2. The highest BCUT2D eigenvalue weighted by atomic mass is 35.5. The van der Waals surface area contributed by atoms with Crippen molar-refractivity contribution in [3.63, 3.8) is 0 Å². The molecule has 3 aromatic carbocycles. The maximum Gasteiger partial charge on any atom is 0.261 e. The van der Waals surface area contributed by atoms with Crippen LogP contribution in [0.5, 0.6) is 5.75 Å². The highest BCUT2D eigenvalue weighted by molar-refractivity contribution is 6.33. The molecule has 0 spiro atoms. The SMILES string of the molecule is Cc1onc(-c2ccccc2Cl)c1C(=O)Nc1cccc(COc2ccc(CC#N)cc2)c1. The molecule has 0 aliphatic heterocycles. The minimum atomic E-state index is -0.338. The molecule has 4 rings (SSSR count). The molecular weight excluding hydrogens is 438 g/mol. The smallest absolute Gasteiger partial charge is 0.261 e. The van der Waals surface area contributed by atoms with Gasteiger partial charge in [0, 0.05) is 11.3 Å². The number of nitrogens with one attached hydrogen (secondary N) is 1. The van der Waals surface area contributed by atoms with E-state index in [4.69, 9.17) is 26.1 Å². The minimum absolute atomic E-state index is 0.332. The van der Waals surface area contributed by atoms with Gasteiger partial charge in [-0.2, -0.15) is 5.26 Å². The van der Waals surface area contributed by atoms with Crippen LogP contribution in [0.15, 0.2) is 77.3 Å². The fraction of sp³-hybridized carbons (Fsp3) is 0.115. The third-order valence-corrected chi connectivity index (χ3v) is 5.35. The molecule has 0 radical (unpaired) electrons. The second-order valence-corrected chi connectivity index (χ2v) is 7.77. The maximum absolute atomic E-state index is 13.1. The number of anilines is 1. The van der Waals surface area contributed by atoms with E-state index >= 15 is 0 Å². The predicted molar refractivity (Wildman–Crippen MR) is 126 cm³/mol. The van der Waals surface area contributed by atoms with Gasteiger partial charge >= 0.3 is 0 Å². The van der Waals surface area contributed by atoms with E-state index in [1.54, 1.807) is 25.1 Å². The summed E-state index contributed by atoms with van der Waals surface area (Å²) in [6.07, 6.45) is 0.367. The molecule has 0 atom stereocenters. The van der Waals surface area contributed by atoms with Crippen LogP contribution in [0, 0.1) is 18.3 Å². The molecule has 6 nitrogen and oxygen atoms in total. The fourth-order valence-corrected chi connectivity index (χ4v) is 3.60. The lowest BCUT2D eigenvalue weighted by Crippen LogP contribution is -2.13. The van der Waals surface area contributed by atoms with Crippen LogP contribution in [0.25, 0.3) is 11.3 Å². The zero-order valence-electron chi connectivity index (χ0n) is 17.8. The molecule has 7 heteroatoms. The Morgan fingerprint density at radius 1 is 1.09 bits per heavy atom. The summed E-state index contributed by atoms with van der Waals surface area (Å²) in [5.74, 6) is 0.771. The quantitative estimate of drug-likeness (QED) is 0.357. The number of nitriles is 1. The van der Waals surface area contributed by atoms with Crippen molar-refractivity contribution in [1.82, 2.24) is 5.16 Å². The summed E-state index contributed by atoms with van der Waals surface area (Å²) >= 11 is 6.29. The van der Waals surface area contributed by atoms with Gasteiger partial charge in [0.05, 0.1) is 17.5 Å². The van der Waals surface area contributed by atoms with Crippen molar-refractivity contribution in [2.24, 2.45) is 0 Å². The number of nitrogens with zero attached hydrogens (tertiary/aromatic N) is 2. The highest BCUT2D eigenvalue weighted by Gasteiger charge is 2.23. The number of rotatable bonds is 7. The molecule has 1 N–H and O–H groups in total. The van der Waals surface area contributed by atoms with Gasteiger partial charge < -0.3 is 14.6 Å². The van der Waals surface area contributed by atoms with E-state index in [-0.39, 0.29) is 5.91 Å². The molecule has 164 valence electrons. The Balaban J connectivity index is 1.47. The standard InChI is InChI=1S/C26H20ClN3O3/c1-17-24(25(30-33-17)22-7-2-3-8-23(22)27)26(31)29-20-6-4-5-19(15-20)16-32-21-11-9-18(10-12-21)13-14-28/h2-12,15H,13,16H2,1H3,(H,29,31). The predicted octanol–water partition coefficient (Wildman–Crippen LogP) is 6.20. The summed E-state index contributed by atoms with van der Waals surface area (Å²) in [6, 6.07) is 24.1. The van der Waals surface area contributed by atoms with Gasteiger partial charge in [-0.05, 0) is 48.4 Å². The summed E-state index contributed by atoms with van der Waals surface area (Å²) in [5.41, 5.74) is 3.81. The Labute approximate surface area is 196 Å². The molecule has 4 aromatic rings. The topological polar surface area (TPSA) is 88.2 Å². The molecule has 0 aliphatic rings. The van der Waals surface area contributed by atoms with Gasteiger partial charge in [-0.25, -0.2) is 0 Å². The van der Waals surface area contributed by atoms with Gasteiger partial charge in [0.2, 0.25) is 0 Å². The first-order chi connectivity index (χ1) is 16.0. The van der Waals surface area contributed by atoms with Gasteiger partial charge in [0.1, 0.15) is 29.4 Å². The van der Waals surface area contributed by atoms with E-state index in [9.17, 15) is 4.79 Å². The maximum atomic E-state index is 13.1. The van der Waals surface area contributed by atoms with Crippen molar-refractivity contribution in [3.05, 3.63) is 100 Å². The molecule has 0 saturated heterocycles. The first kappa shape index (κ1) is 22.1. The summed E-state index contributed by atoms with van der Waals surface area (Å²) in [7, 11) is 0. The third-order valence-electron chi connectivity index (χ3n) is 5.02. The van der Waals surface area contributed by atoms with E-state index in [2.05, 4.69) is 16.5 Å². The lowest BCUT2D eigenvalue weighted by molar-refractivity contribution is 0.102. The molecule has 33 heavy (non-hydrogen) atoms. The van der Waals surface area contributed by atoms with Gasteiger partial charge in [-0.3, -0.25) is 4.79 Å². The van der Waals surface area contributed by atoms with Crippen LogP contribution in [0.1, 0.15) is 27.2 Å². The van der Waals surface area contributed by atoms with Crippen LogP contribution in [0.2, 0.25) is 5.02 Å². The molecule has 0 unspecified atom stereocenters. The van der Waals surface area contributed by atoms with Crippen molar-refractivity contribution >= 4 is 23.2 Å². The van der Waals surface area contributed by atoms with E-state index < -0.39 is 0 Å². The second-order valence-electron chi connectivity index (χ2n) is 7.36. The fourth-order valence-electron chi connectivity index (χ4n) is 3.37. The van der Waals surface area contributed by atoms with Crippen molar-refractivity contribution in [3.8, 4) is 23.1 Å². The summed E-state index contributed by atoms with van der Waals surface area (Å²) < 4.78 is 11.1. The van der Waals surface area contributed by atoms with Crippen molar-refractivity contribution < 1.29 is 14.1 Å². The van der Waals surface area contributed by atoms with E-state index in [1.165, 1.54) is 0 Å². The van der Waals surface area contributed by atoms with Crippen molar-refractivity contribution in [2.45, 2.75) is 20.0 Å². The van der Waals surface area contributed by atoms with Gasteiger partial charge in [0.15, 0.2) is 0 Å². The number of benzene rings is 3. The average molecular weight is 458 g/mol. The number of hydrogen-bond acceptors (Lipinski definition) is 5. The Morgan fingerprint density at radius 2 is 1.88 bits per heavy atom. The first-order valence-electron chi connectivity index (χ1n) is 10.3. The number of halogens is 1. The average Bonchev–Trinajstić information content (AvgIpc) is 3.20. The number of hydrogen-bond donors (Lipinski definition) is 1. The Morgan fingerprint density at radius 3 is 2.64 bits per heavy atom. The monoisotopic (exact) mass is 457 g/mol. The first-order valence-corrected chi connectivity index (χ1v) is 10.6. The lowest BCUT2D eigenvalue weighted by Gasteiger charge is -2.10. The Bertz CT molecular complexity index is 1320.